The zero-order valence-electron chi connectivity index (χ0n) is 13.9. The predicted octanol–water partition coefficient (Wildman–Crippen LogP) is 4.37. The van der Waals surface area contributed by atoms with Gasteiger partial charge in [-0.2, -0.15) is 0 Å². The van der Waals surface area contributed by atoms with Gasteiger partial charge in [-0.25, -0.2) is 4.39 Å². The highest BCUT2D eigenvalue weighted by Crippen LogP contribution is 2.34. The molecule has 116 valence electrons. The largest absolute Gasteiger partial charge is 0.395 e. The van der Waals surface area contributed by atoms with Gasteiger partial charge in [0.15, 0.2) is 0 Å². The van der Waals surface area contributed by atoms with E-state index in [1.807, 2.05) is 31.4 Å². The molecule has 21 heavy (non-hydrogen) atoms. The number of aliphatic hydroxyl groups excluding tert-OH is 1. The molecule has 1 aromatic carbocycles. The number of hydrogen-bond donors (Lipinski definition) is 1. The minimum Gasteiger partial charge on any atom is -0.395 e. The van der Waals surface area contributed by atoms with Crippen LogP contribution < -0.4 is 0 Å². The van der Waals surface area contributed by atoms with Crippen molar-refractivity contribution in [3.05, 3.63) is 35.3 Å². The number of benzene rings is 1. The van der Waals surface area contributed by atoms with Gasteiger partial charge in [-0.3, -0.25) is 0 Å². The summed E-state index contributed by atoms with van der Waals surface area (Å²) in [5.41, 5.74) is 2.44. The molecule has 2 aromatic rings. The van der Waals surface area contributed by atoms with Gasteiger partial charge in [0.1, 0.15) is 5.82 Å². The molecular weight excluding hydrogens is 265 g/mol. The summed E-state index contributed by atoms with van der Waals surface area (Å²) in [7, 11) is 0. The third-order valence-electron chi connectivity index (χ3n) is 3.89. The second kappa shape index (κ2) is 5.13. The molecule has 0 aliphatic rings. The number of nitrogens with zero attached hydrogens (tertiary/aromatic N) is 1. The maximum Gasteiger partial charge on any atom is 0.129 e. The molecule has 0 fully saturated rings. The topological polar surface area (TPSA) is 25.2 Å². The summed E-state index contributed by atoms with van der Waals surface area (Å²) in [5.74, 6) is -0.173. The molecule has 0 spiro atoms. The lowest BCUT2D eigenvalue weighted by Crippen LogP contribution is -2.18. The van der Waals surface area contributed by atoms with E-state index in [9.17, 15) is 9.50 Å². The first-order valence-electron chi connectivity index (χ1n) is 7.50. The van der Waals surface area contributed by atoms with E-state index < -0.39 is 0 Å². The Kier molecular flexibility index (Phi) is 3.92. The van der Waals surface area contributed by atoms with Crippen molar-refractivity contribution in [3.8, 4) is 0 Å². The Hall–Kier alpha value is -1.35. The molecule has 1 heterocycles. The van der Waals surface area contributed by atoms with Gasteiger partial charge < -0.3 is 9.67 Å². The van der Waals surface area contributed by atoms with Gasteiger partial charge in [0, 0.05) is 23.0 Å². The molecule has 0 unspecified atom stereocenters. The van der Waals surface area contributed by atoms with Crippen molar-refractivity contribution in [2.75, 3.05) is 6.61 Å². The molecule has 0 aliphatic heterocycles. The SMILES string of the molecule is CC(C)(C)c1cc2cc(C(C)(C)C)n(CCO)c2cc1F. The van der Waals surface area contributed by atoms with Crippen molar-refractivity contribution in [1.29, 1.82) is 0 Å². The molecule has 2 rings (SSSR count). The van der Waals surface area contributed by atoms with Crippen molar-refractivity contribution in [2.45, 2.75) is 58.9 Å². The van der Waals surface area contributed by atoms with Gasteiger partial charge in [-0.15, -0.1) is 0 Å². The summed E-state index contributed by atoms with van der Waals surface area (Å²) in [5, 5.41) is 10.4. The molecule has 0 radical (unpaired) electrons. The van der Waals surface area contributed by atoms with Crippen molar-refractivity contribution < 1.29 is 9.50 Å². The van der Waals surface area contributed by atoms with E-state index in [0.29, 0.717) is 6.54 Å². The lowest BCUT2D eigenvalue weighted by molar-refractivity contribution is 0.274. The summed E-state index contributed by atoms with van der Waals surface area (Å²) in [6.07, 6.45) is 0. The number of fused-ring (bicyclic) bond motifs is 1. The van der Waals surface area contributed by atoms with Crippen LogP contribution in [-0.4, -0.2) is 16.3 Å². The summed E-state index contributed by atoms with van der Waals surface area (Å²) in [4.78, 5) is 0. The van der Waals surface area contributed by atoms with E-state index in [4.69, 9.17) is 0 Å². The highest BCUT2D eigenvalue weighted by Gasteiger charge is 2.24. The fraction of sp³-hybridized carbons (Fsp3) is 0.556. The Balaban J connectivity index is 2.76. The third kappa shape index (κ3) is 2.98. The summed E-state index contributed by atoms with van der Waals surface area (Å²) < 4.78 is 16.5. The second-order valence-electron chi connectivity index (χ2n) is 7.80. The molecule has 1 N–H and O–H groups in total. The van der Waals surface area contributed by atoms with Crippen molar-refractivity contribution in [1.82, 2.24) is 4.57 Å². The number of rotatable bonds is 2. The van der Waals surface area contributed by atoms with Crippen LogP contribution in [0.5, 0.6) is 0 Å². The normalized spacial score (nSPS) is 13.1. The van der Waals surface area contributed by atoms with E-state index >= 15 is 0 Å². The van der Waals surface area contributed by atoms with Crippen LogP contribution in [0, 0.1) is 5.82 Å². The van der Waals surface area contributed by atoms with E-state index in [1.165, 1.54) is 0 Å². The average molecular weight is 291 g/mol. The Morgan fingerprint density at radius 1 is 1.00 bits per heavy atom. The molecule has 1 aromatic heterocycles. The zero-order chi connectivity index (χ0) is 16.0. The van der Waals surface area contributed by atoms with E-state index in [-0.39, 0.29) is 23.3 Å². The van der Waals surface area contributed by atoms with Gasteiger partial charge in [0.05, 0.1) is 12.1 Å². The lowest BCUT2D eigenvalue weighted by atomic mass is 9.86. The molecule has 0 bridgehead atoms. The molecule has 2 nitrogen and oxygen atoms in total. The third-order valence-corrected chi connectivity index (χ3v) is 3.89. The fourth-order valence-corrected chi connectivity index (χ4v) is 2.82. The van der Waals surface area contributed by atoms with Crippen LogP contribution in [-0.2, 0) is 17.4 Å². The second-order valence-corrected chi connectivity index (χ2v) is 7.80. The van der Waals surface area contributed by atoms with Crippen LogP contribution in [0.15, 0.2) is 18.2 Å². The van der Waals surface area contributed by atoms with Crippen molar-refractivity contribution >= 4 is 10.9 Å². The lowest BCUT2D eigenvalue weighted by Gasteiger charge is -2.22. The first-order chi connectivity index (χ1) is 9.55. The highest BCUT2D eigenvalue weighted by atomic mass is 19.1. The molecule has 3 heteroatoms. The molecule has 0 amide bonds. The maximum absolute atomic E-state index is 14.5. The van der Waals surface area contributed by atoms with Crippen LogP contribution in [0.3, 0.4) is 0 Å². The summed E-state index contributed by atoms with van der Waals surface area (Å²) in [6.45, 7) is 13.0. The minimum absolute atomic E-state index is 0.0490. The Labute approximate surface area is 126 Å². The zero-order valence-corrected chi connectivity index (χ0v) is 13.9. The average Bonchev–Trinajstić information content (AvgIpc) is 2.66. The number of halogens is 1. The van der Waals surface area contributed by atoms with E-state index in [0.717, 1.165) is 22.2 Å². The van der Waals surface area contributed by atoms with Gasteiger partial charge in [0.25, 0.3) is 0 Å². The first-order valence-corrected chi connectivity index (χ1v) is 7.50. The van der Waals surface area contributed by atoms with Crippen LogP contribution >= 0.6 is 0 Å². The van der Waals surface area contributed by atoms with Crippen LogP contribution in [0.25, 0.3) is 10.9 Å². The fourth-order valence-electron chi connectivity index (χ4n) is 2.82. The molecule has 0 saturated heterocycles. The van der Waals surface area contributed by atoms with Crippen LogP contribution in [0.1, 0.15) is 52.8 Å². The predicted molar refractivity (Wildman–Crippen MR) is 86.4 cm³/mol. The van der Waals surface area contributed by atoms with Crippen molar-refractivity contribution in [3.63, 3.8) is 0 Å². The smallest absolute Gasteiger partial charge is 0.129 e. The minimum atomic E-state index is -0.223. The maximum atomic E-state index is 14.5. The summed E-state index contributed by atoms with van der Waals surface area (Å²) in [6, 6.07) is 5.69. The number of aliphatic hydroxyl groups is 1. The van der Waals surface area contributed by atoms with Gasteiger partial charge in [-0.1, -0.05) is 41.5 Å². The van der Waals surface area contributed by atoms with Gasteiger partial charge >= 0.3 is 0 Å². The van der Waals surface area contributed by atoms with Crippen molar-refractivity contribution in [2.24, 2.45) is 0 Å². The Bertz CT molecular complexity index is 656. The molecule has 0 atom stereocenters. The Morgan fingerprint density at radius 3 is 2.10 bits per heavy atom. The standard InChI is InChI=1S/C18H26FNO/c1-17(2,3)13-9-12-10-16(18(4,5)6)20(7-8-21)15(12)11-14(13)19/h9-11,21H,7-8H2,1-6H3. The monoisotopic (exact) mass is 291 g/mol. The highest BCUT2D eigenvalue weighted by molar-refractivity contribution is 5.83. The first kappa shape index (κ1) is 16.0. The van der Waals surface area contributed by atoms with Crippen LogP contribution in [0.4, 0.5) is 4.39 Å². The van der Waals surface area contributed by atoms with E-state index in [2.05, 4.69) is 26.8 Å². The van der Waals surface area contributed by atoms with Gasteiger partial charge in [-0.05, 0) is 29.2 Å². The van der Waals surface area contributed by atoms with E-state index in [1.54, 1.807) is 6.07 Å². The summed E-state index contributed by atoms with van der Waals surface area (Å²) >= 11 is 0. The molecular formula is C18H26FNO. The quantitative estimate of drug-likeness (QED) is 0.873. The number of hydrogen-bond acceptors (Lipinski definition) is 1. The van der Waals surface area contributed by atoms with Crippen LogP contribution in [0.2, 0.25) is 0 Å². The number of aromatic nitrogens is 1. The Morgan fingerprint density at radius 2 is 1.62 bits per heavy atom. The van der Waals surface area contributed by atoms with Gasteiger partial charge in [0.2, 0.25) is 0 Å². The molecule has 0 saturated carbocycles. The molecule has 0 aliphatic carbocycles.